The number of esters is 1. The van der Waals surface area contributed by atoms with Gasteiger partial charge < -0.3 is 14.2 Å². The highest BCUT2D eigenvalue weighted by atomic mass is 79.9. The molecule has 1 aromatic carbocycles. The molecule has 9 heteroatoms. The van der Waals surface area contributed by atoms with Crippen LogP contribution >= 0.6 is 15.9 Å². The summed E-state index contributed by atoms with van der Waals surface area (Å²) in [7, 11) is 0.335. The van der Waals surface area contributed by atoms with Gasteiger partial charge in [-0.15, -0.1) is 0 Å². The Balaban J connectivity index is 2.30. The van der Waals surface area contributed by atoms with Gasteiger partial charge in [0.15, 0.2) is 11.5 Å². The third-order valence-electron chi connectivity index (χ3n) is 3.84. The average molecular weight is 422 g/mol. The minimum Gasteiger partial charge on any atom is -0.493 e. The SMILES string of the molecule is COC(=O)C[C@@H](NS(=O)(=O)c1cc(OC)c(OC)cc1Br)C1CC1. The number of halogens is 1. The van der Waals surface area contributed by atoms with Gasteiger partial charge >= 0.3 is 5.97 Å². The van der Waals surface area contributed by atoms with Crippen LogP contribution < -0.4 is 14.2 Å². The predicted octanol–water partition coefficient (Wildman–Crippen LogP) is 2.09. The van der Waals surface area contributed by atoms with E-state index >= 15 is 0 Å². The molecule has 0 bridgehead atoms. The Labute approximate surface area is 149 Å². The third kappa shape index (κ3) is 4.40. The van der Waals surface area contributed by atoms with Gasteiger partial charge in [0, 0.05) is 16.6 Å². The van der Waals surface area contributed by atoms with Crippen molar-refractivity contribution in [2.24, 2.45) is 5.92 Å². The second kappa shape index (κ2) is 7.71. The molecule has 0 aromatic heterocycles. The summed E-state index contributed by atoms with van der Waals surface area (Å²) in [6.07, 6.45) is 1.78. The molecule has 0 amide bonds. The highest BCUT2D eigenvalue weighted by Crippen LogP contribution is 2.38. The minimum absolute atomic E-state index is 0.00526. The van der Waals surface area contributed by atoms with Gasteiger partial charge in [0.2, 0.25) is 10.0 Å². The molecule has 7 nitrogen and oxygen atoms in total. The van der Waals surface area contributed by atoms with E-state index in [2.05, 4.69) is 25.4 Å². The first-order chi connectivity index (χ1) is 11.3. The Morgan fingerprint density at radius 2 is 1.83 bits per heavy atom. The molecule has 0 radical (unpaired) electrons. The van der Waals surface area contributed by atoms with Gasteiger partial charge in [-0.3, -0.25) is 4.79 Å². The predicted molar refractivity (Wildman–Crippen MR) is 90.7 cm³/mol. The van der Waals surface area contributed by atoms with Crippen LogP contribution in [0.2, 0.25) is 0 Å². The monoisotopic (exact) mass is 421 g/mol. The van der Waals surface area contributed by atoms with E-state index in [-0.39, 0.29) is 17.2 Å². The summed E-state index contributed by atoms with van der Waals surface area (Å²) in [6.45, 7) is 0. The second-order valence-electron chi connectivity index (χ2n) is 5.48. The Morgan fingerprint density at radius 1 is 1.25 bits per heavy atom. The maximum Gasteiger partial charge on any atom is 0.307 e. The number of sulfonamides is 1. The van der Waals surface area contributed by atoms with Crippen molar-refractivity contribution in [2.45, 2.75) is 30.2 Å². The number of methoxy groups -OCH3 is 3. The molecule has 134 valence electrons. The lowest BCUT2D eigenvalue weighted by Crippen LogP contribution is -2.38. The van der Waals surface area contributed by atoms with Crippen molar-refractivity contribution >= 4 is 31.9 Å². The standard InChI is InChI=1S/C15H20BrNO6S/c1-21-12-6-10(16)14(8-13(12)22-2)24(19,20)17-11(9-4-5-9)7-15(18)23-3/h6,8-9,11,17H,4-5,7H2,1-3H3/t11-/m1/s1. The number of benzene rings is 1. The maximum absolute atomic E-state index is 12.7. The van der Waals surface area contributed by atoms with Crippen molar-refractivity contribution in [1.29, 1.82) is 0 Å². The van der Waals surface area contributed by atoms with Crippen LogP contribution in [0.25, 0.3) is 0 Å². The first-order valence-corrected chi connectivity index (χ1v) is 9.60. The maximum atomic E-state index is 12.7. The van der Waals surface area contributed by atoms with E-state index in [4.69, 9.17) is 9.47 Å². The van der Waals surface area contributed by atoms with E-state index in [1.807, 2.05) is 0 Å². The van der Waals surface area contributed by atoms with Crippen LogP contribution in [0.4, 0.5) is 0 Å². The summed E-state index contributed by atoms with van der Waals surface area (Å²) in [4.78, 5) is 11.5. The zero-order valence-corrected chi connectivity index (χ0v) is 16.1. The molecule has 1 atom stereocenters. The molecular weight excluding hydrogens is 402 g/mol. The summed E-state index contributed by atoms with van der Waals surface area (Å²) in [5, 5.41) is 0. The lowest BCUT2D eigenvalue weighted by atomic mass is 10.1. The van der Waals surface area contributed by atoms with Gasteiger partial charge in [0.1, 0.15) is 4.90 Å². The zero-order valence-electron chi connectivity index (χ0n) is 13.7. The normalized spacial score (nSPS) is 15.7. The van der Waals surface area contributed by atoms with Crippen LogP contribution in [0.5, 0.6) is 11.5 Å². The van der Waals surface area contributed by atoms with Crippen LogP contribution in [0.1, 0.15) is 19.3 Å². The van der Waals surface area contributed by atoms with Crippen molar-refractivity contribution in [1.82, 2.24) is 4.72 Å². The van der Waals surface area contributed by atoms with Gasteiger partial charge in [-0.1, -0.05) is 0 Å². The van der Waals surface area contributed by atoms with Crippen LogP contribution in [-0.2, 0) is 19.6 Å². The number of nitrogens with one attached hydrogen (secondary N) is 1. The Morgan fingerprint density at radius 3 is 2.33 bits per heavy atom. The fourth-order valence-corrected chi connectivity index (χ4v) is 4.71. The Kier molecular flexibility index (Phi) is 6.11. The Hall–Kier alpha value is -1.32. The molecule has 0 aliphatic heterocycles. The molecule has 1 aliphatic rings. The number of hydrogen-bond acceptors (Lipinski definition) is 6. The highest BCUT2D eigenvalue weighted by Gasteiger charge is 2.36. The third-order valence-corrected chi connectivity index (χ3v) is 6.29. The molecule has 0 saturated heterocycles. The van der Waals surface area contributed by atoms with Crippen molar-refractivity contribution in [3.63, 3.8) is 0 Å². The Bertz CT molecular complexity index is 717. The summed E-state index contributed by atoms with van der Waals surface area (Å²) in [6, 6.07) is 2.43. The van der Waals surface area contributed by atoms with E-state index in [0.29, 0.717) is 16.0 Å². The lowest BCUT2D eigenvalue weighted by Gasteiger charge is -2.18. The molecule has 1 saturated carbocycles. The largest absolute Gasteiger partial charge is 0.493 e. The van der Waals surface area contributed by atoms with Crippen LogP contribution in [0.15, 0.2) is 21.5 Å². The summed E-state index contributed by atoms with van der Waals surface area (Å²) < 4.78 is 43.4. The van der Waals surface area contributed by atoms with Crippen LogP contribution in [0.3, 0.4) is 0 Å². The summed E-state index contributed by atoms with van der Waals surface area (Å²) >= 11 is 3.25. The first kappa shape index (κ1) is 19.0. The first-order valence-electron chi connectivity index (χ1n) is 7.33. The van der Waals surface area contributed by atoms with Gasteiger partial charge in [-0.25, -0.2) is 13.1 Å². The van der Waals surface area contributed by atoms with Crippen molar-refractivity contribution in [3.8, 4) is 11.5 Å². The fourth-order valence-electron chi connectivity index (χ4n) is 2.37. The molecule has 1 fully saturated rings. The number of ether oxygens (including phenoxy) is 3. The quantitative estimate of drug-likeness (QED) is 0.646. The molecule has 1 N–H and O–H groups in total. The molecule has 0 spiro atoms. The molecular formula is C15H20BrNO6S. The topological polar surface area (TPSA) is 90.9 Å². The van der Waals surface area contributed by atoms with Crippen molar-refractivity contribution in [3.05, 3.63) is 16.6 Å². The lowest BCUT2D eigenvalue weighted by molar-refractivity contribution is -0.141. The smallest absolute Gasteiger partial charge is 0.307 e. The average Bonchev–Trinajstić information content (AvgIpc) is 3.38. The van der Waals surface area contributed by atoms with Gasteiger partial charge in [0.25, 0.3) is 0 Å². The van der Waals surface area contributed by atoms with Gasteiger partial charge in [-0.2, -0.15) is 0 Å². The van der Waals surface area contributed by atoms with E-state index < -0.39 is 22.0 Å². The van der Waals surface area contributed by atoms with Crippen LogP contribution in [0, 0.1) is 5.92 Å². The minimum atomic E-state index is -3.85. The fraction of sp³-hybridized carbons (Fsp3) is 0.533. The van der Waals surface area contributed by atoms with Crippen molar-refractivity contribution in [2.75, 3.05) is 21.3 Å². The van der Waals surface area contributed by atoms with Gasteiger partial charge in [0.05, 0.1) is 27.8 Å². The summed E-state index contributed by atoms with van der Waals surface area (Å²) in [5.41, 5.74) is 0. The number of carbonyl (C=O) groups is 1. The number of carbonyl (C=O) groups excluding carboxylic acids is 1. The molecule has 0 unspecified atom stereocenters. The molecule has 1 aromatic rings. The number of hydrogen-bond donors (Lipinski definition) is 1. The highest BCUT2D eigenvalue weighted by molar-refractivity contribution is 9.10. The zero-order chi connectivity index (χ0) is 17.9. The molecule has 0 heterocycles. The molecule has 2 rings (SSSR count). The van der Waals surface area contributed by atoms with E-state index in [1.165, 1.54) is 33.5 Å². The second-order valence-corrected chi connectivity index (χ2v) is 8.02. The molecule has 24 heavy (non-hydrogen) atoms. The van der Waals surface area contributed by atoms with Crippen molar-refractivity contribution < 1.29 is 27.4 Å². The van der Waals surface area contributed by atoms with E-state index in [9.17, 15) is 13.2 Å². The van der Waals surface area contributed by atoms with Gasteiger partial charge in [-0.05, 0) is 40.8 Å². The number of rotatable bonds is 8. The van der Waals surface area contributed by atoms with E-state index in [0.717, 1.165) is 12.8 Å². The summed E-state index contributed by atoms with van der Waals surface area (Å²) in [5.74, 6) is 0.424. The van der Waals surface area contributed by atoms with Crippen LogP contribution in [-0.4, -0.2) is 41.8 Å². The van der Waals surface area contributed by atoms with E-state index in [1.54, 1.807) is 0 Å². The molecule has 1 aliphatic carbocycles.